The third-order valence-corrected chi connectivity index (χ3v) is 5.50. The number of amides is 1. The van der Waals surface area contributed by atoms with Crippen molar-refractivity contribution in [1.29, 1.82) is 0 Å². The van der Waals surface area contributed by atoms with Crippen LogP contribution in [0, 0.1) is 0 Å². The molecule has 1 atom stereocenters. The molecule has 1 saturated heterocycles. The van der Waals surface area contributed by atoms with Crippen LogP contribution in [0.3, 0.4) is 0 Å². The number of piperazine rings is 1. The van der Waals surface area contributed by atoms with E-state index in [2.05, 4.69) is 21.2 Å². The molecule has 6 nitrogen and oxygen atoms in total. The highest BCUT2D eigenvalue weighted by Crippen LogP contribution is 2.34. The van der Waals surface area contributed by atoms with Crippen molar-refractivity contribution in [1.82, 2.24) is 9.80 Å². The number of fused-ring (bicyclic) bond motifs is 1. The molecule has 28 heavy (non-hydrogen) atoms. The fraction of sp³-hybridized carbons (Fsp3) is 0.381. The van der Waals surface area contributed by atoms with E-state index in [9.17, 15) is 4.79 Å². The quantitative estimate of drug-likeness (QED) is 0.833. The molecule has 1 N–H and O–H groups in total. The van der Waals surface area contributed by atoms with Crippen LogP contribution in [-0.4, -0.2) is 54.7 Å². The molecular formula is C21H24ClN3O3. The molecule has 1 amide bonds. The van der Waals surface area contributed by atoms with Crippen molar-refractivity contribution in [2.75, 3.05) is 38.3 Å². The van der Waals surface area contributed by atoms with E-state index in [1.165, 1.54) is 5.56 Å². The molecule has 0 radical (unpaired) electrons. The molecule has 0 aliphatic carbocycles. The Bertz CT molecular complexity index is 853. The van der Waals surface area contributed by atoms with Crippen molar-refractivity contribution in [2.45, 2.75) is 19.5 Å². The van der Waals surface area contributed by atoms with Gasteiger partial charge in [0.25, 0.3) is 0 Å². The van der Waals surface area contributed by atoms with Gasteiger partial charge in [0.05, 0.1) is 6.04 Å². The first-order valence-corrected chi connectivity index (χ1v) is 9.87. The zero-order chi connectivity index (χ0) is 19.5. The average molecular weight is 402 g/mol. The summed E-state index contributed by atoms with van der Waals surface area (Å²) in [6, 6.07) is 13.2. The summed E-state index contributed by atoms with van der Waals surface area (Å²) in [6.07, 6.45) is 0. The third kappa shape index (κ3) is 4.41. The van der Waals surface area contributed by atoms with E-state index in [0.717, 1.165) is 43.4 Å². The Labute approximate surface area is 170 Å². The highest BCUT2D eigenvalue weighted by Gasteiger charge is 2.26. The van der Waals surface area contributed by atoms with Gasteiger partial charge in [-0.3, -0.25) is 14.6 Å². The van der Waals surface area contributed by atoms with E-state index >= 15 is 0 Å². The minimum Gasteiger partial charge on any atom is -0.454 e. The molecule has 4 rings (SSSR count). The molecule has 2 heterocycles. The number of carbonyl (C=O) groups excluding carboxylic acids is 1. The number of carbonyl (C=O) groups is 1. The van der Waals surface area contributed by atoms with Gasteiger partial charge in [-0.1, -0.05) is 23.7 Å². The number of hydrogen-bond donors (Lipinski definition) is 1. The van der Waals surface area contributed by atoms with Crippen LogP contribution in [0.2, 0.25) is 5.02 Å². The van der Waals surface area contributed by atoms with Crippen LogP contribution in [0.1, 0.15) is 12.5 Å². The summed E-state index contributed by atoms with van der Waals surface area (Å²) < 4.78 is 10.7. The molecule has 0 unspecified atom stereocenters. The van der Waals surface area contributed by atoms with Gasteiger partial charge in [0.2, 0.25) is 12.7 Å². The second-order valence-corrected chi connectivity index (χ2v) is 7.61. The molecular weight excluding hydrogens is 378 g/mol. The minimum absolute atomic E-state index is 0.0119. The molecule has 0 spiro atoms. The second-order valence-electron chi connectivity index (χ2n) is 7.18. The number of ether oxygens (including phenoxy) is 2. The Balaban J connectivity index is 1.28. The lowest BCUT2D eigenvalue weighted by molar-refractivity contribution is -0.121. The molecule has 2 aromatic carbocycles. The normalized spacial score (nSPS) is 18.1. The minimum atomic E-state index is -0.196. The average Bonchev–Trinajstić information content (AvgIpc) is 3.16. The molecule has 2 aliphatic rings. The standard InChI is InChI=1S/C21H24ClN3O3/c1-15(21(26)23-18-5-6-19-20(12-18)28-14-27-19)25-9-7-24(8-10-25)13-16-3-2-4-17(22)11-16/h2-6,11-12,15H,7-10,13-14H2,1H3,(H,23,26)/t15-/m0/s1. The van der Waals surface area contributed by atoms with Crippen LogP contribution < -0.4 is 14.8 Å². The van der Waals surface area contributed by atoms with Gasteiger partial charge in [-0.25, -0.2) is 0 Å². The van der Waals surface area contributed by atoms with E-state index in [0.29, 0.717) is 11.5 Å². The van der Waals surface area contributed by atoms with Crippen LogP contribution in [0.4, 0.5) is 5.69 Å². The van der Waals surface area contributed by atoms with Crippen molar-refractivity contribution in [2.24, 2.45) is 0 Å². The van der Waals surface area contributed by atoms with Crippen molar-refractivity contribution in [3.63, 3.8) is 0 Å². The van der Waals surface area contributed by atoms with Gasteiger partial charge in [0, 0.05) is 49.5 Å². The number of rotatable bonds is 5. The zero-order valence-electron chi connectivity index (χ0n) is 15.9. The van der Waals surface area contributed by atoms with Gasteiger partial charge in [-0.2, -0.15) is 0 Å². The van der Waals surface area contributed by atoms with Gasteiger partial charge in [-0.15, -0.1) is 0 Å². The SMILES string of the molecule is C[C@@H](C(=O)Nc1ccc2c(c1)OCO2)N1CCN(Cc2cccc(Cl)c2)CC1. The smallest absolute Gasteiger partial charge is 0.241 e. The maximum Gasteiger partial charge on any atom is 0.241 e. The van der Waals surface area contributed by atoms with Crippen molar-refractivity contribution < 1.29 is 14.3 Å². The molecule has 0 saturated carbocycles. The van der Waals surface area contributed by atoms with Gasteiger partial charge < -0.3 is 14.8 Å². The lowest BCUT2D eigenvalue weighted by Crippen LogP contribution is -2.52. The third-order valence-electron chi connectivity index (χ3n) is 5.27. The van der Waals surface area contributed by atoms with Crippen molar-refractivity contribution in [3.8, 4) is 11.5 Å². The lowest BCUT2D eigenvalue weighted by Gasteiger charge is -2.37. The number of benzene rings is 2. The van der Waals surface area contributed by atoms with Crippen LogP contribution >= 0.6 is 11.6 Å². The summed E-state index contributed by atoms with van der Waals surface area (Å²) in [5, 5.41) is 3.75. The Morgan fingerprint density at radius 3 is 2.68 bits per heavy atom. The molecule has 148 valence electrons. The first-order valence-electron chi connectivity index (χ1n) is 9.50. The summed E-state index contributed by atoms with van der Waals surface area (Å²) in [5.74, 6) is 1.36. The van der Waals surface area contributed by atoms with E-state index in [-0.39, 0.29) is 18.7 Å². The van der Waals surface area contributed by atoms with Crippen molar-refractivity contribution >= 4 is 23.2 Å². The van der Waals surface area contributed by atoms with Crippen LogP contribution in [-0.2, 0) is 11.3 Å². The molecule has 0 bridgehead atoms. The predicted molar refractivity (Wildman–Crippen MR) is 109 cm³/mol. The number of nitrogens with zero attached hydrogens (tertiary/aromatic N) is 2. The van der Waals surface area contributed by atoms with E-state index in [1.54, 1.807) is 6.07 Å². The highest BCUT2D eigenvalue weighted by molar-refractivity contribution is 6.30. The van der Waals surface area contributed by atoms with Gasteiger partial charge >= 0.3 is 0 Å². The molecule has 2 aromatic rings. The van der Waals surface area contributed by atoms with Crippen LogP contribution in [0.5, 0.6) is 11.5 Å². The fourth-order valence-corrected chi connectivity index (χ4v) is 3.80. The number of halogens is 1. The van der Waals surface area contributed by atoms with Crippen LogP contribution in [0.25, 0.3) is 0 Å². The zero-order valence-corrected chi connectivity index (χ0v) is 16.6. The summed E-state index contributed by atoms with van der Waals surface area (Å²) in [6.45, 7) is 6.62. The molecule has 1 fully saturated rings. The number of nitrogens with one attached hydrogen (secondary N) is 1. The Hall–Kier alpha value is -2.28. The van der Waals surface area contributed by atoms with Gasteiger partial charge in [0.15, 0.2) is 11.5 Å². The Kier molecular flexibility index (Phi) is 5.71. The van der Waals surface area contributed by atoms with Gasteiger partial charge in [-0.05, 0) is 36.8 Å². The lowest BCUT2D eigenvalue weighted by atomic mass is 10.1. The molecule has 0 aromatic heterocycles. The maximum absolute atomic E-state index is 12.7. The second kappa shape index (κ2) is 8.39. The van der Waals surface area contributed by atoms with E-state index in [4.69, 9.17) is 21.1 Å². The summed E-state index contributed by atoms with van der Waals surface area (Å²) in [4.78, 5) is 17.3. The number of hydrogen-bond acceptors (Lipinski definition) is 5. The monoisotopic (exact) mass is 401 g/mol. The Morgan fingerprint density at radius 1 is 1.11 bits per heavy atom. The number of anilines is 1. The molecule has 7 heteroatoms. The molecule has 2 aliphatic heterocycles. The highest BCUT2D eigenvalue weighted by atomic mass is 35.5. The van der Waals surface area contributed by atoms with Gasteiger partial charge in [0.1, 0.15) is 0 Å². The first kappa shape index (κ1) is 19.1. The van der Waals surface area contributed by atoms with Crippen molar-refractivity contribution in [3.05, 3.63) is 53.1 Å². The summed E-state index contributed by atoms with van der Waals surface area (Å²) in [7, 11) is 0. The first-order chi connectivity index (χ1) is 13.6. The van der Waals surface area contributed by atoms with E-state index in [1.807, 2.05) is 37.3 Å². The predicted octanol–water partition coefficient (Wildman–Crippen LogP) is 3.21. The largest absolute Gasteiger partial charge is 0.454 e. The van der Waals surface area contributed by atoms with Crippen LogP contribution in [0.15, 0.2) is 42.5 Å². The topological polar surface area (TPSA) is 54.0 Å². The maximum atomic E-state index is 12.7. The summed E-state index contributed by atoms with van der Waals surface area (Å²) >= 11 is 6.07. The van der Waals surface area contributed by atoms with E-state index < -0.39 is 0 Å². The summed E-state index contributed by atoms with van der Waals surface area (Å²) in [5.41, 5.74) is 1.94. The Morgan fingerprint density at radius 2 is 1.89 bits per heavy atom. The fourth-order valence-electron chi connectivity index (χ4n) is 3.59.